The van der Waals surface area contributed by atoms with Crippen LogP contribution in [0.25, 0.3) is 0 Å². The topological polar surface area (TPSA) is 84.7 Å². The lowest BCUT2D eigenvalue weighted by Crippen LogP contribution is -2.40. The number of rotatable bonds is 4. The first kappa shape index (κ1) is 17.7. The average molecular weight is 347 g/mol. The highest BCUT2D eigenvalue weighted by atomic mass is 16.6. The van der Waals surface area contributed by atoms with Crippen LogP contribution in [-0.2, 0) is 4.74 Å². The number of benzene rings is 1. The number of amides is 1. The zero-order valence-electron chi connectivity index (χ0n) is 14.6. The van der Waals surface area contributed by atoms with E-state index in [0.29, 0.717) is 37.8 Å². The van der Waals surface area contributed by atoms with E-state index in [-0.39, 0.29) is 17.6 Å². The van der Waals surface area contributed by atoms with Crippen molar-refractivity contribution in [2.75, 3.05) is 31.2 Å². The lowest BCUT2D eigenvalue weighted by molar-refractivity contribution is -0.384. The molecule has 136 valence electrons. The van der Waals surface area contributed by atoms with Gasteiger partial charge in [0.1, 0.15) is 0 Å². The monoisotopic (exact) mass is 347 g/mol. The zero-order chi connectivity index (χ0) is 17.8. The maximum absolute atomic E-state index is 12.8. The molecule has 3 rings (SSSR count). The second kappa shape index (κ2) is 7.82. The molecule has 7 nitrogen and oxygen atoms in total. The van der Waals surface area contributed by atoms with Crippen molar-refractivity contribution in [3.8, 4) is 0 Å². The van der Waals surface area contributed by atoms with E-state index >= 15 is 0 Å². The average Bonchev–Trinajstić information content (AvgIpc) is 2.63. The molecule has 0 unspecified atom stereocenters. The van der Waals surface area contributed by atoms with Gasteiger partial charge in [-0.2, -0.15) is 0 Å². The number of nitrogens with one attached hydrogen (secondary N) is 1. The molecule has 1 aliphatic heterocycles. The minimum absolute atomic E-state index is 0.0561. The number of morpholine rings is 1. The maximum Gasteiger partial charge on any atom is 0.270 e. The number of nitro groups is 1. The summed E-state index contributed by atoms with van der Waals surface area (Å²) in [4.78, 5) is 25.6. The molecule has 1 saturated heterocycles. The standard InChI is InChI=1S/C18H25N3O4/c1-13-2-4-14(5-3-13)19-18(22)16-12-15(21(23)24)6-7-17(16)20-8-10-25-11-9-20/h6-7,12-14H,2-5,8-11H2,1H3,(H,19,22). The van der Waals surface area contributed by atoms with Gasteiger partial charge in [0, 0.05) is 31.3 Å². The number of carbonyl (C=O) groups excluding carboxylic acids is 1. The number of nitrogens with zero attached hydrogens (tertiary/aromatic N) is 2. The van der Waals surface area contributed by atoms with Gasteiger partial charge in [0.25, 0.3) is 11.6 Å². The molecule has 1 amide bonds. The Morgan fingerprint density at radius 3 is 2.56 bits per heavy atom. The third-order valence-corrected chi connectivity index (χ3v) is 5.14. The van der Waals surface area contributed by atoms with Crippen molar-refractivity contribution in [2.45, 2.75) is 38.6 Å². The van der Waals surface area contributed by atoms with Gasteiger partial charge in [0.15, 0.2) is 0 Å². The largest absolute Gasteiger partial charge is 0.378 e. The van der Waals surface area contributed by atoms with Gasteiger partial charge in [-0.25, -0.2) is 0 Å². The molecule has 7 heteroatoms. The van der Waals surface area contributed by atoms with Gasteiger partial charge >= 0.3 is 0 Å². The van der Waals surface area contributed by atoms with Crippen LogP contribution < -0.4 is 10.2 Å². The molecule has 1 heterocycles. The molecule has 0 radical (unpaired) electrons. The number of hydrogen-bond donors (Lipinski definition) is 1. The summed E-state index contributed by atoms with van der Waals surface area (Å²) in [5.74, 6) is 0.486. The lowest BCUT2D eigenvalue weighted by Gasteiger charge is -2.31. The Kier molecular flexibility index (Phi) is 5.53. The molecule has 2 fully saturated rings. The Balaban J connectivity index is 1.81. The van der Waals surface area contributed by atoms with E-state index < -0.39 is 4.92 Å². The molecule has 1 aromatic carbocycles. The summed E-state index contributed by atoms with van der Waals surface area (Å²) in [6, 6.07) is 4.69. The summed E-state index contributed by atoms with van der Waals surface area (Å²) in [6.07, 6.45) is 4.15. The van der Waals surface area contributed by atoms with Gasteiger partial charge in [-0.15, -0.1) is 0 Å². The zero-order valence-corrected chi connectivity index (χ0v) is 14.6. The minimum Gasteiger partial charge on any atom is -0.378 e. The van der Waals surface area contributed by atoms with E-state index in [2.05, 4.69) is 17.1 Å². The van der Waals surface area contributed by atoms with Crippen molar-refractivity contribution in [1.82, 2.24) is 5.32 Å². The molecule has 1 saturated carbocycles. The molecular formula is C18H25N3O4. The second-order valence-electron chi connectivity index (χ2n) is 6.99. The molecule has 1 aromatic rings. The smallest absolute Gasteiger partial charge is 0.270 e. The number of non-ortho nitro benzene ring substituents is 1. The van der Waals surface area contributed by atoms with Crippen molar-refractivity contribution in [3.63, 3.8) is 0 Å². The third-order valence-electron chi connectivity index (χ3n) is 5.14. The number of carbonyl (C=O) groups is 1. The predicted octanol–water partition coefficient (Wildman–Crippen LogP) is 2.74. The van der Waals surface area contributed by atoms with Crippen molar-refractivity contribution in [3.05, 3.63) is 33.9 Å². The molecule has 2 aliphatic rings. The van der Waals surface area contributed by atoms with Crippen LogP contribution in [0.3, 0.4) is 0 Å². The van der Waals surface area contributed by atoms with Gasteiger partial charge < -0.3 is 15.0 Å². The van der Waals surface area contributed by atoms with Gasteiger partial charge in [0.2, 0.25) is 0 Å². The highest BCUT2D eigenvalue weighted by Crippen LogP contribution is 2.28. The SMILES string of the molecule is CC1CCC(NC(=O)c2cc([N+](=O)[O-])ccc2N2CCOCC2)CC1. The van der Waals surface area contributed by atoms with Gasteiger partial charge in [-0.05, 0) is 37.7 Å². The summed E-state index contributed by atoms with van der Waals surface area (Å²) < 4.78 is 5.36. The summed E-state index contributed by atoms with van der Waals surface area (Å²) >= 11 is 0. The molecular weight excluding hydrogens is 322 g/mol. The first-order chi connectivity index (χ1) is 12.0. The second-order valence-corrected chi connectivity index (χ2v) is 6.99. The Morgan fingerprint density at radius 1 is 1.24 bits per heavy atom. The normalized spacial score (nSPS) is 24.0. The lowest BCUT2D eigenvalue weighted by atomic mass is 9.87. The van der Waals surface area contributed by atoms with Crippen LogP contribution in [0.5, 0.6) is 0 Å². The van der Waals surface area contributed by atoms with E-state index in [0.717, 1.165) is 31.4 Å². The Morgan fingerprint density at radius 2 is 1.92 bits per heavy atom. The molecule has 1 N–H and O–H groups in total. The maximum atomic E-state index is 12.8. The van der Waals surface area contributed by atoms with Crippen LogP contribution in [0, 0.1) is 16.0 Å². The van der Waals surface area contributed by atoms with Crippen LogP contribution in [0.2, 0.25) is 0 Å². The fraction of sp³-hybridized carbons (Fsp3) is 0.611. The van der Waals surface area contributed by atoms with Gasteiger partial charge in [0.05, 0.1) is 29.4 Å². The minimum atomic E-state index is -0.456. The number of nitro benzene ring substituents is 1. The van der Waals surface area contributed by atoms with Crippen LogP contribution in [-0.4, -0.2) is 43.2 Å². The quantitative estimate of drug-likeness (QED) is 0.669. The Bertz CT molecular complexity index is 635. The van der Waals surface area contributed by atoms with E-state index in [1.54, 1.807) is 6.07 Å². The molecule has 0 spiro atoms. The number of hydrogen-bond acceptors (Lipinski definition) is 5. The van der Waals surface area contributed by atoms with Gasteiger partial charge in [-0.3, -0.25) is 14.9 Å². The first-order valence-corrected chi connectivity index (χ1v) is 8.96. The summed E-state index contributed by atoms with van der Waals surface area (Å²) in [5, 5.41) is 14.2. The highest BCUT2D eigenvalue weighted by molar-refractivity contribution is 6.00. The van der Waals surface area contributed by atoms with Crippen LogP contribution in [0.1, 0.15) is 43.0 Å². The molecule has 0 atom stereocenters. The fourth-order valence-electron chi connectivity index (χ4n) is 3.57. The number of ether oxygens (including phenoxy) is 1. The Labute approximate surface area is 147 Å². The van der Waals surface area contributed by atoms with E-state index in [1.165, 1.54) is 12.1 Å². The van der Waals surface area contributed by atoms with Crippen LogP contribution >= 0.6 is 0 Å². The summed E-state index contributed by atoms with van der Waals surface area (Å²) in [6.45, 7) is 4.78. The summed E-state index contributed by atoms with van der Waals surface area (Å²) in [5.41, 5.74) is 1.07. The van der Waals surface area contributed by atoms with Crippen molar-refractivity contribution >= 4 is 17.3 Å². The van der Waals surface area contributed by atoms with Crippen LogP contribution in [0.15, 0.2) is 18.2 Å². The fourth-order valence-corrected chi connectivity index (χ4v) is 3.57. The first-order valence-electron chi connectivity index (χ1n) is 8.96. The Hall–Kier alpha value is -2.15. The summed E-state index contributed by atoms with van der Waals surface area (Å²) in [7, 11) is 0. The van der Waals surface area contributed by atoms with Gasteiger partial charge in [-0.1, -0.05) is 6.92 Å². The molecule has 1 aliphatic carbocycles. The van der Waals surface area contributed by atoms with E-state index in [1.807, 2.05) is 0 Å². The molecule has 0 aromatic heterocycles. The third kappa shape index (κ3) is 4.28. The molecule has 0 bridgehead atoms. The van der Waals surface area contributed by atoms with Crippen molar-refractivity contribution in [1.29, 1.82) is 0 Å². The molecule has 25 heavy (non-hydrogen) atoms. The van der Waals surface area contributed by atoms with Crippen molar-refractivity contribution < 1.29 is 14.5 Å². The highest BCUT2D eigenvalue weighted by Gasteiger charge is 2.25. The number of anilines is 1. The van der Waals surface area contributed by atoms with E-state index in [9.17, 15) is 14.9 Å². The van der Waals surface area contributed by atoms with E-state index in [4.69, 9.17) is 4.74 Å². The predicted molar refractivity (Wildman–Crippen MR) is 95.0 cm³/mol. The van der Waals surface area contributed by atoms with Crippen LogP contribution in [0.4, 0.5) is 11.4 Å². The van der Waals surface area contributed by atoms with Crippen molar-refractivity contribution in [2.24, 2.45) is 5.92 Å².